The first-order chi connectivity index (χ1) is 9.01. The number of methoxy groups -OCH3 is 1. The summed E-state index contributed by atoms with van der Waals surface area (Å²) in [5.74, 6) is -1.94. The number of ether oxygens (including phenoxy) is 2. The van der Waals surface area contributed by atoms with E-state index in [-0.39, 0.29) is 11.6 Å². The molecule has 0 radical (unpaired) electrons. The number of carbonyl (C=O) groups is 1. The maximum atomic E-state index is 12.5. The van der Waals surface area contributed by atoms with Crippen LogP contribution in [0.15, 0.2) is 18.2 Å². The third-order valence-corrected chi connectivity index (χ3v) is 2.10. The van der Waals surface area contributed by atoms with Crippen LogP contribution in [-0.4, -0.2) is 19.4 Å². The number of alkyl halides is 6. The van der Waals surface area contributed by atoms with E-state index in [1.54, 1.807) is 0 Å². The summed E-state index contributed by atoms with van der Waals surface area (Å²) < 4.78 is 81.4. The van der Waals surface area contributed by atoms with E-state index in [9.17, 15) is 31.1 Å². The number of esters is 1. The number of rotatable bonds is 3. The van der Waals surface area contributed by atoms with Crippen LogP contribution in [0.5, 0.6) is 5.75 Å². The minimum Gasteiger partial charge on any atom is -0.469 e. The van der Waals surface area contributed by atoms with Crippen molar-refractivity contribution in [1.29, 1.82) is 0 Å². The Morgan fingerprint density at radius 1 is 1.10 bits per heavy atom. The smallest absolute Gasteiger partial charge is 0.469 e. The third kappa shape index (κ3) is 4.98. The Hall–Kier alpha value is -1.93. The average molecular weight is 302 g/mol. The van der Waals surface area contributed by atoms with E-state index in [0.717, 1.165) is 7.11 Å². The maximum Gasteiger partial charge on any atom is 0.573 e. The monoisotopic (exact) mass is 302 g/mol. The van der Waals surface area contributed by atoms with Crippen LogP contribution in [0.2, 0.25) is 0 Å². The molecule has 1 aromatic carbocycles. The Kier molecular flexibility index (Phi) is 4.51. The molecule has 0 N–H and O–H groups in total. The lowest BCUT2D eigenvalue weighted by molar-refractivity contribution is -0.274. The molecule has 1 aromatic rings. The molecular formula is C11H8F6O3. The summed E-state index contributed by atoms with van der Waals surface area (Å²) in [6.07, 6.45) is -10.6. The first kappa shape index (κ1) is 16.1. The number of hydrogen-bond donors (Lipinski definition) is 0. The maximum absolute atomic E-state index is 12.5. The molecule has 0 fully saturated rings. The first-order valence-corrected chi connectivity index (χ1v) is 5.05. The zero-order valence-corrected chi connectivity index (χ0v) is 9.93. The van der Waals surface area contributed by atoms with Crippen LogP contribution >= 0.6 is 0 Å². The van der Waals surface area contributed by atoms with E-state index < -0.39 is 36.2 Å². The van der Waals surface area contributed by atoms with Crippen molar-refractivity contribution in [3.05, 3.63) is 29.3 Å². The zero-order valence-electron chi connectivity index (χ0n) is 9.93. The van der Waals surface area contributed by atoms with Crippen LogP contribution in [0, 0.1) is 0 Å². The zero-order chi connectivity index (χ0) is 15.6. The van der Waals surface area contributed by atoms with Gasteiger partial charge in [0.15, 0.2) is 0 Å². The average Bonchev–Trinajstić information content (AvgIpc) is 2.24. The second-order valence-corrected chi connectivity index (χ2v) is 3.66. The first-order valence-electron chi connectivity index (χ1n) is 5.05. The van der Waals surface area contributed by atoms with Gasteiger partial charge in [-0.2, -0.15) is 13.2 Å². The summed E-state index contributed by atoms with van der Waals surface area (Å²) in [6.45, 7) is 0. The van der Waals surface area contributed by atoms with Gasteiger partial charge in [-0.15, -0.1) is 13.2 Å². The molecule has 20 heavy (non-hydrogen) atoms. The van der Waals surface area contributed by atoms with Crippen LogP contribution in [0.1, 0.15) is 11.1 Å². The van der Waals surface area contributed by atoms with Crippen LogP contribution in [0.25, 0.3) is 0 Å². The SMILES string of the molecule is COC(=O)Cc1cc(OC(F)(F)F)cc(C(F)(F)F)c1. The van der Waals surface area contributed by atoms with Crippen LogP contribution in [0.3, 0.4) is 0 Å². The standard InChI is InChI=1S/C11H8F6O3/c1-19-9(18)4-6-2-7(10(12,13)14)5-8(3-6)20-11(15,16)17/h2-3,5H,4H2,1H3. The van der Waals surface area contributed by atoms with Crippen molar-refractivity contribution in [3.63, 3.8) is 0 Å². The molecule has 0 aliphatic heterocycles. The Morgan fingerprint density at radius 2 is 1.70 bits per heavy atom. The van der Waals surface area contributed by atoms with Crippen molar-refractivity contribution in [2.75, 3.05) is 7.11 Å². The Labute approximate surface area is 109 Å². The quantitative estimate of drug-likeness (QED) is 0.635. The predicted molar refractivity (Wildman–Crippen MR) is 53.8 cm³/mol. The predicted octanol–water partition coefficient (Wildman–Crippen LogP) is 3.32. The van der Waals surface area contributed by atoms with Crippen LogP contribution < -0.4 is 4.74 Å². The van der Waals surface area contributed by atoms with E-state index in [1.165, 1.54) is 0 Å². The molecule has 3 nitrogen and oxygen atoms in total. The number of carbonyl (C=O) groups excluding carboxylic acids is 1. The molecule has 0 saturated carbocycles. The molecule has 0 aromatic heterocycles. The van der Waals surface area contributed by atoms with E-state index in [4.69, 9.17) is 0 Å². The Morgan fingerprint density at radius 3 is 2.15 bits per heavy atom. The molecule has 0 bridgehead atoms. The van der Waals surface area contributed by atoms with Gasteiger partial charge in [-0.25, -0.2) is 0 Å². The normalized spacial score (nSPS) is 12.2. The van der Waals surface area contributed by atoms with Crippen LogP contribution in [-0.2, 0) is 22.1 Å². The molecule has 0 amide bonds. The Bertz CT molecular complexity index is 492. The summed E-state index contributed by atoms with van der Waals surface area (Å²) in [6, 6.07) is 1.45. The highest BCUT2D eigenvalue weighted by atomic mass is 19.4. The fourth-order valence-electron chi connectivity index (χ4n) is 1.36. The highest BCUT2D eigenvalue weighted by Gasteiger charge is 2.35. The van der Waals surface area contributed by atoms with Crippen molar-refractivity contribution < 1.29 is 40.6 Å². The lowest BCUT2D eigenvalue weighted by atomic mass is 10.1. The van der Waals surface area contributed by atoms with Gasteiger partial charge in [0.25, 0.3) is 0 Å². The van der Waals surface area contributed by atoms with Crippen molar-refractivity contribution in [1.82, 2.24) is 0 Å². The molecule has 0 aliphatic carbocycles. The molecule has 0 atom stereocenters. The van der Waals surface area contributed by atoms with E-state index >= 15 is 0 Å². The van der Waals surface area contributed by atoms with Crippen molar-refractivity contribution >= 4 is 5.97 Å². The molecule has 0 saturated heterocycles. The van der Waals surface area contributed by atoms with Gasteiger partial charge in [0.05, 0.1) is 19.1 Å². The highest BCUT2D eigenvalue weighted by molar-refractivity contribution is 5.72. The number of benzene rings is 1. The van der Waals surface area contributed by atoms with Crippen molar-refractivity contribution in [3.8, 4) is 5.75 Å². The fourth-order valence-corrected chi connectivity index (χ4v) is 1.36. The minimum atomic E-state index is -5.13. The van der Waals surface area contributed by atoms with E-state index in [0.29, 0.717) is 12.1 Å². The van der Waals surface area contributed by atoms with Gasteiger partial charge in [0.1, 0.15) is 5.75 Å². The highest BCUT2D eigenvalue weighted by Crippen LogP contribution is 2.34. The fraction of sp³-hybridized carbons (Fsp3) is 0.364. The molecule has 0 heterocycles. The summed E-state index contributed by atoms with van der Waals surface area (Å²) in [7, 11) is 1.00. The lowest BCUT2D eigenvalue weighted by Gasteiger charge is -2.14. The second kappa shape index (κ2) is 5.59. The summed E-state index contributed by atoms with van der Waals surface area (Å²) >= 11 is 0. The van der Waals surface area contributed by atoms with Gasteiger partial charge in [-0.3, -0.25) is 4.79 Å². The van der Waals surface area contributed by atoms with Gasteiger partial charge in [-0.05, 0) is 23.8 Å². The van der Waals surface area contributed by atoms with Crippen molar-refractivity contribution in [2.24, 2.45) is 0 Å². The minimum absolute atomic E-state index is 0.203. The molecular weight excluding hydrogens is 294 g/mol. The largest absolute Gasteiger partial charge is 0.573 e. The molecule has 112 valence electrons. The van der Waals surface area contributed by atoms with E-state index in [1.807, 2.05) is 0 Å². The van der Waals surface area contributed by atoms with Gasteiger partial charge in [0.2, 0.25) is 0 Å². The molecule has 1 rings (SSSR count). The Balaban J connectivity index is 3.18. The number of halogens is 6. The van der Waals surface area contributed by atoms with Gasteiger partial charge >= 0.3 is 18.5 Å². The molecule has 0 unspecified atom stereocenters. The molecule has 9 heteroatoms. The van der Waals surface area contributed by atoms with Gasteiger partial charge in [-0.1, -0.05) is 0 Å². The summed E-state index contributed by atoms with van der Waals surface area (Å²) in [4.78, 5) is 11.0. The van der Waals surface area contributed by atoms with Gasteiger partial charge in [0, 0.05) is 0 Å². The van der Waals surface area contributed by atoms with Crippen molar-refractivity contribution in [2.45, 2.75) is 19.0 Å². The topological polar surface area (TPSA) is 35.5 Å². The molecule has 0 spiro atoms. The summed E-state index contributed by atoms with van der Waals surface area (Å²) in [5, 5.41) is 0. The van der Waals surface area contributed by atoms with Gasteiger partial charge < -0.3 is 9.47 Å². The summed E-state index contributed by atoms with van der Waals surface area (Å²) in [5.41, 5.74) is -1.65. The van der Waals surface area contributed by atoms with E-state index in [2.05, 4.69) is 9.47 Å². The van der Waals surface area contributed by atoms with Crippen LogP contribution in [0.4, 0.5) is 26.3 Å². The number of hydrogen-bond acceptors (Lipinski definition) is 3. The lowest BCUT2D eigenvalue weighted by Crippen LogP contribution is -2.18. The molecule has 0 aliphatic rings. The third-order valence-electron chi connectivity index (χ3n) is 2.10. The second-order valence-electron chi connectivity index (χ2n) is 3.66.